The summed E-state index contributed by atoms with van der Waals surface area (Å²) in [6, 6.07) is -0.356. The number of ether oxygens (including phenoxy) is 1. The Hall–Kier alpha value is -1.10. The van der Waals surface area contributed by atoms with Crippen LogP contribution in [0.1, 0.15) is 26.7 Å². The minimum atomic E-state index is -0.723. The topological polar surface area (TPSA) is 58.6 Å². The third kappa shape index (κ3) is 1.51. The molecule has 84 valence electrons. The van der Waals surface area contributed by atoms with Gasteiger partial charge in [-0.15, -0.1) is 0 Å². The number of imide groups is 1. The molecule has 2 aliphatic heterocycles. The van der Waals surface area contributed by atoms with Crippen LogP contribution in [0.25, 0.3) is 0 Å². The van der Waals surface area contributed by atoms with E-state index in [1.807, 2.05) is 6.92 Å². The zero-order chi connectivity index (χ0) is 11.1. The minimum Gasteiger partial charge on any atom is -0.379 e. The molecule has 2 heterocycles. The number of hydrogen-bond acceptors (Lipinski definition) is 3. The molecule has 5 nitrogen and oxygen atoms in total. The summed E-state index contributed by atoms with van der Waals surface area (Å²) in [5, 5.41) is 2.74. The van der Waals surface area contributed by atoms with Gasteiger partial charge < -0.3 is 10.1 Å². The maximum absolute atomic E-state index is 12.0. The molecule has 0 aromatic carbocycles. The Kier molecular flexibility index (Phi) is 2.42. The lowest BCUT2D eigenvalue weighted by Gasteiger charge is -2.22. The number of rotatable bonds is 2. The van der Waals surface area contributed by atoms with E-state index in [0.29, 0.717) is 19.6 Å². The number of hydrogen-bond donors (Lipinski definition) is 1. The molecule has 0 radical (unpaired) electrons. The fourth-order valence-corrected chi connectivity index (χ4v) is 2.00. The second kappa shape index (κ2) is 3.48. The molecule has 0 bridgehead atoms. The van der Waals surface area contributed by atoms with Gasteiger partial charge in [-0.2, -0.15) is 0 Å². The molecule has 3 amide bonds. The number of carbonyl (C=O) groups is 2. The Balaban J connectivity index is 2.19. The Morgan fingerprint density at radius 1 is 1.60 bits per heavy atom. The maximum atomic E-state index is 12.0. The molecule has 2 fully saturated rings. The molecule has 2 atom stereocenters. The zero-order valence-corrected chi connectivity index (χ0v) is 9.08. The third-order valence-electron chi connectivity index (χ3n) is 3.27. The first-order valence-electron chi connectivity index (χ1n) is 5.32. The van der Waals surface area contributed by atoms with Gasteiger partial charge in [-0.05, 0) is 19.8 Å². The average molecular weight is 212 g/mol. The van der Waals surface area contributed by atoms with E-state index < -0.39 is 5.54 Å². The van der Waals surface area contributed by atoms with Crippen LogP contribution in [0.3, 0.4) is 0 Å². The van der Waals surface area contributed by atoms with Crippen LogP contribution in [0.4, 0.5) is 4.79 Å². The third-order valence-corrected chi connectivity index (χ3v) is 3.27. The first-order valence-corrected chi connectivity index (χ1v) is 5.32. The highest BCUT2D eigenvalue weighted by atomic mass is 16.5. The van der Waals surface area contributed by atoms with Crippen molar-refractivity contribution in [2.75, 3.05) is 13.2 Å². The second-order valence-electron chi connectivity index (χ2n) is 4.31. The highest BCUT2D eigenvalue weighted by Crippen LogP contribution is 2.25. The van der Waals surface area contributed by atoms with E-state index >= 15 is 0 Å². The first-order chi connectivity index (χ1) is 7.08. The zero-order valence-electron chi connectivity index (χ0n) is 9.08. The number of nitrogens with zero attached hydrogens (tertiary/aromatic N) is 1. The molecule has 0 aromatic heterocycles. The lowest BCUT2D eigenvalue weighted by atomic mass is 9.99. The predicted molar refractivity (Wildman–Crippen MR) is 53.3 cm³/mol. The van der Waals surface area contributed by atoms with Gasteiger partial charge in [-0.3, -0.25) is 9.69 Å². The summed E-state index contributed by atoms with van der Waals surface area (Å²) in [7, 11) is 0. The minimum absolute atomic E-state index is 0.0779. The van der Waals surface area contributed by atoms with Crippen LogP contribution in [-0.2, 0) is 9.53 Å². The largest absolute Gasteiger partial charge is 0.379 e. The van der Waals surface area contributed by atoms with E-state index in [1.165, 1.54) is 4.90 Å². The molecule has 15 heavy (non-hydrogen) atoms. The van der Waals surface area contributed by atoms with Crippen LogP contribution in [-0.4, -0.2) is 41.6 Å². The summed E-state index contributed by atoms with van der Waals surface area (Å²) < 4.78 is 5.19. The number of carbonyl (C=O) groups excluding carboxylic acids is 2. The molecule has 0 aliphatic carbocycles. The second-order valence-corrected chi connectivity index (χ2v) is 4.31. The fourth-order valence-electron chi connectivity index (χ4n) is 2.00. The highest BCUT2D eigenvalue weighted by Gasteiger charge is 2.49. The van der Waals surface area contributed by atoms with Gasteiger partial charge in [0.25, 0.3) is 5.91 Å². The lowest BCUT2D eigenvalue weighted by molar-refractivity contribution is -0.132. The van der Waals surface area contributed by atoms with E-state index in [1.54, 1.807) is 6.92 Å². The van der Waals surface area contributed by atoms with Gasteiger partial charge in [0.2, 0.25) is 0 Å². The SMILES string of the molecule is CCC1(C)NC(=O)N(C2CCOC2)C1=O. The molecular weight excluding hydrogens is 196 g/mol. The van der Waals surface area contributed by atoms with Crippen LogP contribution in [0, 0.1) is 0 Å². The van der Waals surface area contributed by atoms with Gasteiger partial charge >= 0.3 is 6.03 Å². The molecule has 0 spiro atoms. The fraction of sp³-hybridized carbons (Fsp3) is 0.800. The normalized spacial score (nSPS) is 36.1. The molecule has 2 saturated heterocycles. The summed E-state index contributed by atoms with van der Waals surface area (Å²) in [5.74, 6) is -0.120. The van der Waals surface area contributed by atoms with Crippen LogP contribution in [0.5, 0.6) is 0 Å². The van der Waals surface area contributed by atoms with Crippen molar-refractivity contribution in [2.45, 2.75) is 38.3 Å². The van der Waals surface area contributed by atoms with Gasteiger partial charge in [0.1, 0.15) is 5.54 Å². The monoisotopic (exact) mass is 212 g/mol. The van der Waals surface area contributed by atoms with Gasteiger partial charge in [-0.25, -0.2) is 4.79 Å². The Morgan fingerprint density at radius 2 is 2.33 bits per heavy atom. The van der Waals surface area contributed by atoms with E-state index in [-0.39, 0.29) is 18.0 Å². The number of nitrogens with one attached hydrogen (secondary N) is 1. The molecule has 5 heteroatoms. The Morgan fingerprint density at radius 3 is 2.80 bits per heavy atom. The smallest absolute Gasteiger partial charge is 0.325 e. The van der Waals surface area contributed by atoms with Crippen LogP contribution in [0.2, 0.25) is 0 Å². The van der Waals surface area contributed by atoms with Crippen LogP contribution in [0.15, 0.2) is 0 Å². The molecule has 0 aromatic rings. The quantitative estimate of drug-likeness (QED) is 0.678. The Labute approximate surface area is 88.8 Å². The predicted octanol–water partition coefficient (Wildman–Crippen LogP) is 0.496. The van der Waals surface area contributed by atoms with Crippen LogP contribution >= 0.6 is 0 Å². The number of amides is 3. The van der Waals surface area contributed by atoms with Crippen molar-refractivity contribution in [3.8, 4) is 0 Å². The van der Waals surface area contributed by atoms with E-state index in [2.05, 4.69) is 5.32 Å². The molecule has 2 unspecified atom stereocenters. The lowest BCUT2D eigenvalue weighted by Crippen LogP contribution is -2.45. The summed E-state index contributed by atoms with van der Waals surface area (Å²) in [6.45, 7) is 4.76. The number of urea groups is 1. The van der Waals surface area contributed by atoms with Crippen molar-refractivity contribution in [3.63, 3.8) is 0 Å². The van der Waals surface area contributed by atoms with E-state index in [9.17, 15) is 9.59 Å². The van der Waals surface area contributed by atoms with Crippen molar-refractivity contribution in [3.05, 3.63) is 0 Å². The van der Waals surface area contributed by atoms with Crippen molar-refractivity contribution >= 4 is 11.9 Å². The van der Waals surface area contributed by atoms with Gasteiger partial charge in [0.05, 0.1) is 12.6 Å². The van der Waals surface area contributed by atoms with Crippen molar-refractivity contribution in [2.24, 2.45) is 0 Å². The summed E-state index contributed by atoms with van der Waals surface area (Å²) in [6.07, 6.45) is 1.36. The molecule has 2 aliphatic rings. The van der Waals surface area contributed by atoms with Crippen LogP contribution < -0.4 is 5.32 Å². The molecule has 1 N–H and O–H groups in total. The maximum Gasteiger partial charge on any atom is 0.325 e. The summed E-state index contributed by atoms with van der Waals surface area (Å²) in [4.78, 5) is 25.1. The summed E-state index contributed by atoms with van der Waals surface area (Å²) >= 11 is 0. The van der Waals surface area contributed by atoms with Gasteiger partial charge in [0, 0.05) is 6.61 Å². The standard InChI is InChI=1S/C10H16N2O3/c1-3-10(2)8(13)12(9(14)11-10)7-4-5-15-6-7/h7H,3-6H2,1-2H3,(H,11,14). The Bertz CT molecular complexity index is 299. The van der Waals surface area contributed by atoms with Crippen molar-refractivity contribution in [1.29, 1.82) is 0 Å². The highest BCUT2D eigenvalue weighted by molar-refractivity contribution is 6.07. The molecular formula is C10H16N2O3. The average Bonchev–Trinajstić information content (AvgIpc) is 2.76. The molecule has 0 saturated carbocycles. The van der Waals surface area contributed by atoms with E-state index in [4.69, 9.17) is 4.74 Å². The van der Waals surface area contributed by atoms with Gasteiger partial charge in [-0.1, -0.05) is 6.92 Å². The van der Waals surface area contributed by atoms with Gasteiger partial charge in [0.15, 0.2) is 0 Å². The van der Waals surface area contributed by atoms with Crippen molar-refractivity contribution < 1.29 is 14.3 Å². The molecule has 2 rings (SSSR count). The van der Waals surface area contributed by atoms with Crippen molar-refractivity contribution in [1.82, 2.24) is 10.2 Å². The first kappa shape index (κ1) is 10.4. The van der Waals surface area contributed by atoms with E-state index in [0.717, 1.165) is 6.42 Å². The summed E-state index contributed by atoms with van der Waals surface area (Å²) in [5.41, 5.74) is -0.723.